The van der Waals surface area contributed by atoms with Crippen molar-refractivity contribution in [2.24, 2.45) is 0 Å². The fraction of sp³-hybridized carbons (Fsp3) is 0.556. The summed E-state index contributed by atoms with van der Waals surface area (Å²) in [6.45, 7) is 0.349. The Bertz CT molecular complexity index is 465. The van der Waals surface area contributed by atoms with Crippen molar-refractivity contribution < 1.29 is 23.2 Å². The zero-order chi connectivity index (χ0) is 14.3. The molecule has 8 nitrogen and oxygen atoms in total. The number of hydrogen-bond donors (Lipinski definition) is 1. The van der Waals surface area contributed by atoms with Gasteiger partial charge in [-0.05, 0) is 13.1 Å². The standard InChI is InChI=1S/C9H14IN2O6P/c1-11-19(15,7-16-5-4-10)17-6-8-2-3-9(18-8)12(13)14/h2-3H,4-7H2,1H3,(H,11,15). The summed E-state index contributed by atoms with van der Waals surface area (Å²) in [6.07, 6.45) is -0.0602. The number of furan rings is 1. The van der Waals surface area contributed by atoms with Crippen molar-refractivity contribution in [2.75, 3.05) is 24.4 Å². The first-order valence-electron chi connectivity index (χ1n) is 5.30. The van der Waals surface area contributed by atoms with E-state index in [4.69, 9.17) is 13.7 Å². The van der Waals surface area contributed by atoms with Crippen LogP contribution in [0.25, 0.3) is 0 Å². The van der Waals surface area contributed by atoms with Crippen LogP contribution in [0.3, 0.4) is 0 Å². The zero-order valence-electron chi connectivity index (χ0n) is 10.2. The minimum atomic E-state index is -3.12. The van der Waals surface area contributed by atoms with E-state index in [0.717, 1.165) is 4.43 Å². The molecular formula is C9H14IN2O6P. The van der Waals surface area contributed by atoms with Crippen molar-refractivity contribution in [3.8, 4) is 0 Å². The molecule has 0 aliphatic heterocycles. The minimum Gasteiger partial charge on any atom is -0.403 e. The molecule has 0 fully saturated rings. The van der Waals surface area contributed by atoms with Crippen LogP contribution in [0.1, 0.15) is 5.76 Å². The molecular weight excluding hydrogens is 390 g/mol. The summed E-state index contributed by atoms with van der Waals surface area (Å²) in [7, 11) is -1.62. The van der Waals surface area contributed by atoms with Crippen LogP contribution in [0.15, 0.2) is 16.5 Å². The highest BCUT2D eigenvalue weighted by atomic mass is 127. The van der Waals surface area contributed by atoms with E-state index in [1.807, 2.05) is 0 Å². The summed E-state index contributed by atoms with van der Waals surface area (Å²) in [6, 6.07) is 2.62. The first kappa shape index (κ1) is 16.6. The molecule has 1 aromatic heterocycles. The van der Waals surface area contributed by atoms with Gasteiger partial charge in [0, 0.05) is 4.43 Å². The van der Waals surface area contributed by atoms with Gasteiger partial charge in [-0.25, -0.2) is 5.09 Å². The smallest absolute Gasteiger partial charge is 0.403 e. The molecule has 1 heterocycles. The molecule has 0 radical (unpaired) electrons. The Morgan fingerprint density at radius 3 is 2.84 bits per heavy atom. The predicted octanol–water partition coefficient (Wildman–Crippen LogP) is 2.53. The second-order valence-corrected chi connectivity index (χ2v) is 6.78. The molecule has 1 unspecified atom stereocenters. The Hall–Kier alpha value is -0.480. The minimum absolute atomic E-state index is 0.0602. The van der Waals surface area contributed by atoms with Crippen molar-refractivity contribution >= 4 is 36.0 Å². The van der Waals surface area contributed by atoms with Crippen molar-refractivity contribution in [3.63, 3.8) is 0 Å². The molecule has 0 saturated carbocycles. The number of rotatable bonds is 9. The Morgan fingerprint density at radius 2 is 2.32 bits per heavy atom. The van der Waals surface area contributed by atoms with Crippen LogP contribution in [0.2, 0.25) is 0 Å². The molecule has 0 aliphatic carbocycles. The number of nitrogens with zero attached hydrogens (tertiary/aromatic N) is 1. The molecule has 19 heavy (non-hydrogen) atoms. The van der Waals surface area contributed by atoms with Gasteiger partial charge in [0.05, 0.1) is 12.7 Å². The highest BCUT2D eigenvalue weighted by Gasteiger charge is 2.22. The quantitative estimate of drug-likeness (QED) is 0.169. The van der Waals surface area contributed by atoms with E-state index < -0.39 is 12.4 Å². The monoisotopic (exact) mass is 404 g/mol. The van der Waals surface area contributed by atoms with Crippen molar-refractivity contribution in [1.29, 1.82) is 0 Å². The van der Waals surface area contributed by atoms with Gasteiger partial charge < -0.3 is 13.7 Å². The number of hydrogen-bond acceptors (Lipinski definition) is 6. The fourth-order valence-electron chi connectivity index (χ4n) is 1.12. The fourth-order valence-corrected chi connectivity index (χ4v) is 2.47. The van der Waals surface area contributed by atoms with Crippen LogP contribution in [-0.2, 0) is 20.4 Å². The van der Waals surface area contributed by atoms with E-state index in [0.29, 0.717) is 6.61 Å². The van der Waals surface area contributed by atoms with Crippen molar-refractivity contribution in [2.45, 2.75) is 6.61 Å². The normalized spacial score (nSPS) is 14.2. The lowest BCUT2D eigenvalue weighted by Crippen LogP contribution is -2.12. The lowest BCUT2D eigenvalue weighted by Gasteiger charge is -2.16. The highest BCUT2D eigenvalue weighted by molar-refractivity contribution is 14.1. The van der Waals surface area contributed by atoms with Crippen molar-refractivity contribution in [1.82, 2.24) is 5.09 Å². The number of halogens is 1. The Morgan fingerprint density at radius 1 is 1.58 bits per heavy atom. The lowest BCUT2D eigenvalue weighted by molar-refractivity contribution is -0.402. The number of nitro groups is 1. The summed E-state index contributed by atoms with van der Waals surface area (Å²) in [5.74, 6) is -0.143. The topological polar surface area (TPSA) is 104 Å². The predicted molar refractivity (Wildman–Crippen MR) is 76.5 cm³/mol. The first-order chi connectivity index (χ1) is 9.00. The van der Waals surface area contributed by atoms with E-state index in [1.54, 1.807) is 0 Å². The molecule has 10 heteroatoms. The Kier molecular flexibility index (Phi) is 6.94. The average Bonchev–Trinajstić information content (AvgIpc) is 2.86. The summed E-state index contributed by atoms with van der Waals surface area (Å²) in [5.41, 5.74) is 0. The molecule has 1 N–H and O–H groups in total. The molecule has 0 aliphatic rings. The van der Waals surface area contributed by atoms with E-state index in [1.165, 1.54) is 19.2 Å². The summed E-state index contributed by atoms with van der Waals surface area (Å²) >= 11 is 2.14. The van der Waals surface area contributed by atoms with Gasteiger partial charge in [-0.1, -0.05) is 22.6 Å². The third-order valence-corrected chi connectivity index (χ3v) is 4.26. The highest BCUT2D eigenvalue weighted by Crippen LogP contribution is 2.42. The molecule has 0 spiro atoms. The van der Waals surface area contributed by atoms with Gasteiger partial charge in [0.15, 0.2) is 0 Å². The maximum absolute atomic E-state index is 12.1. The van der Waals surface area contributed by atoms with E-state index in [9.17, 15) is 14.7 Å². The van der Waals surface area contributed by atoms with Crippen LogP contribution < -0.4 is 5.09 Å². The Balaban J connectivity index is 2.51. The zero-order valence-corrected chi connectivity index (χ0v) is 13.3. The van der Waals surface area contributed by atoms with Gasteiger partial charge in [-0.2, -0.15) is 0 Å². The maximum Gasteiger partial charge on any atom is 0.433 e. The van der Waals surface area contributed by atoms with Gasteiger partial charge in [-0.15, -0.1) is 0 Å². The van der Waals surface area contributed by atoms with Crippen LogP contribution >= 0.6 is 30.1 Å². The number of nitrogens with one attached hydrogen (secondary N) is 1. The second-order valence-electron chi connectivity index (χ2n) is 3.39. The van der Waals surface area contributed by atoms with Gasteiger partial charge in [0.2, 0.25) is 0 Å². The molecule has 1 atom stereocenters. The largest absolute Gasteiger partial charge is 0.433 e. The molecule has 1 aromatic rings. The molecule has 108 valence electrons. The lowest BCUT2D eigenvalue weighted by atomic mass is 10.5. The maximum atomic E-state index is 12.1. The molecule has 0 aromatic carbocycles. The van der Waals surface area contributed by atoms with Crippen LogP contribution in [0.4, 0.5) is 5.88 Å². The molecule has 0 amide bonds. The van der Waals surface area contributed by atoms with Gasteiger partial charge >= 0.3 is 5.88 Å². The number of ether oxygens (including phenoxy) is 1. The number of alkyl halides is 1. The third-order valence-electron chi connectivity index (χ3n) is 2.07. The van der Waals surface area contributed by atoms with E-state index in [2.05, 4.69) is 27.7 Å². The molecule has 1 rings (SSSR count). The average molecular weight is 404 g/mol. The van der Waals surface area contributed by atoms with Crippen molar-refractivity contribution in [3.05, 3.63) is 28.0 Å². The summed E-state index contributed by atoms with van der Waals surface area (Å²) in [4.78, 5) is 9.78. The summed E-state index contributed by atoms with van der Waals surface area (Å²) in [5, 5.41) is 13.0. The van der Waals surface area contributed by atoms with Crippen LogP contribution in [0, 0.1) is 10.1 Å². The van der Waals surface area contributed by atoms with Gasteiger partial charge in [0.25, 0.3) is 7.52 Å². The van der Waals surface area contributed by atoms with Gasteiger partial charge in [0.1, 0.15) is 23.6 Å². The van der Waals surface area contributed by atoms with E-state index >= 15 is 0 Å². The second kappa shape index (κ2) is 7.95. The summed E-state index contributed by atoms with van der Waals surface area (Å²) < 4.78 is 28.2. The van der Waals surface area contributed by atoms with E-state index in [-0.39, 0.29) is 24.6 Å². The third kappa shape index (κ3) is 5.57. The molecule has 0 bridgehead atoms. The SMILES string of the molecule is CNP(=O)(COCCI)OCc1ccc([N+](=O)[O-])o1. The Labute approximate surface area is 123 Å². The molecule has 0 saturated heterocycles. The first-order valence-corrected chi connectivity index (χ1v) is 8.64. The van der Waals surface area contributed by atoms with Crippen LogP contribution in [0.5, 0.6) is 0 Å². The van der Waals surface area contributed by atoms with Gasteiger partial charge in [-0.3, -0.25) is 14.7 Å². The van der Waals surface area contributed by atoms with Crippen LogP contribution in [-0.4, -0.2) is 29.4 Å².